The van der Waals surface area contributed by atoms with Crippen molar-refractivity contribution < 1.29 is 31.9 Å². The third-order valence-corrected chi connectivity index (χ3v) is 5.42. The second-order valence-electron chi connectivity index (χ2n) is 7.60. The number of amides is 4. The summed E-state index contributed by atoms with van der Waals surface area (Å²) in [6.45, 7) is -0.463. The van der Waals surface area contributed by atoms with Gasteiger partial charge in [0.05, 0.1) is 17.7 Å². The molecule has 1 unspecified atom stereocenters. The fraction of sp³-hybridized carbons (Fsp3) is 0.182. The molecule has 1 saturated heterocycles. The van der Waals surface area contributed by atoms with Gasteiger partial charge in [0.25, 0.3) is 11.8 Å². The SMILES string of the molecule is Cn1ccnc1C1(CNC(=O)c2c(F)cccc2-c2ccc(C(F)(F)F)cc2)NC(=O)NC1=O. The minimum Gasteiger partial charge on any atom is -0.349 e. The second-order valence-corrected chi connectivity index (χ2v) is 7.60. The van der Waals surface area contributed by atoms with Crippen LogP contribution in [0.4, 0.5) is 22.4 Å². The Kier molecular flexibility index (Phi) is 5.59. The second kappa shape index (κ2) is 8.28. The van der Waals surface area contributed by atoms with Crippen molar-refractivity contribution >= 4 is 17.8 Å². The van der Waals surface area contributed by atoms with Crippen LogP contribution in [0.3, 0.4) is 0 Å². The number of carbonyl (C=O) groups excluding carboxylic acids is 3. The summed E-state index contributed by atoms with van der Waals surface area (Å²) in [5.74, 6) is -2.48. The van der Waals surface area contributed by atoms with E-state index in [0.29, 0.717) is 0 Å². The molecule has 4 amide bonds. The lowest BCUT2D eigenvalue weighted by atomic mass is 9.96. The van der Waals surface area contributed by atoms with Crippen molar-refractivity contribution in [2.75, 3.05) is 6.54 Å². The van der Waals surface area contributed by atoms with E-state index in [1.54, 1.807) is 7.05 Å². The standard InChI is InChI=1S/C22H17F4N5O3/c1-31-10-9-27-18(31)21(19(33)29-20(34)30-21)11-28-17(32)16-14(3-2-4-15(16)23)12-5-7-13(8-6-12)22(24,25)26/h2-10H,11H2,1H3,(H,28,32)(H2,29,30,33,34). The summed E-state index contributed by atoms with van der Waals surface area (Å²) in [7, 11) is 1.59. The highest BCUT2D eigenvalue weighted by atomic mass is 19.4. The molecule has 1 fully saturated rings. The third-order valence-electron chi connectivity index (χ3n) is 5.42. The quantitative estimate of drug-likeness (QED) is 0.390. The number of alkyl halides is 3. The van der Waals surface area contributed by atoms with Gasteiger partial charge in [-0.15, -0.1) is 0 Å². The zero-order valence-electron chi connectivity index (χ0n) is 17.5. The molecule has 2 heterocycles. The molecule has 0 saturated carbocycles. The molecule has 0 radical (unpaired) electrons. The van der Waals surface area contributed by atoms with E-state index in [0.717, 1.165) is 30.3 Å². The zero-order chi connectivity index (χ0) is 24.7. The lowest BCUT2D eigenvalue weighted by Crippen LogP contribution is -2.54. The number of carbonyl (C=O) groups is 3. The van der Waals surface area contributed by atoms with Gasteiger partial charge >= 0.3 is 12.2 Å². The maximum Gasteiger partial charge on any atom is 0.416 e. The maximum atomic E-state index is 14.7. The zero-order valence-corrected chi connectivity index (χ0v) is 17.5. The third kappa shape index (κ3) is 3.98. The predicted molar refractivity (Wildman–Crippen MR) is 111 cm³/mol. The number of hydrogen-bond acceptors (Lipinski definition) is 4. The molecule has 8 nitrogen and oxygen atoms in total. The Bertz CT molecular complexity index is 1290. The van der Waals surface area contributed by atoms with Crippen molar-refractivity contribution in [1.29, 1.82) is 0 Å². The Labute approximate surface area is 190 Å². The number of nitrogens with one attached hydrogen (secondary N) is 3. The fourth-order valence-corrected chi connectivity index (χ4v) is 3.76. The average Bonchev–Trinajstić information content (AvgIpc) is 3.33. The van der Waals surface area contributed by atoms with Crippen LogP contribution in [0.15, 0.2) is 54.9 Å². The van der Waals surface area contributed by atoms with Gasteiger partial charge in [-0.05, 0) is 29.3 Å². The van der Waals surface area contributed by atoms with E-state index < -0.39 is 53.0 Å². The number of aromatic nitrogens is 2. The summed E-state index contributed by atoms with van der Waals surface area (Å²) in [6, 6.07) is 6.87. The van der Waals surface area contributed by atoms with Gasteiger partial charge in [0.1, 0.15) is 11.6 Å². The minimum absolute atomic E-state index is 0.0529. The van der Waals surface area contributed by atoms with Gasteiger partial charge in [-0.1, -0.05) is 24.3 Å². The molecule has 1 aromatic heterocycles. The number of rotatable bonds is 5. The lowest BCUT2D eigenvalue weighted by molar-refractivity contribution is -0.137. The summed E-state index contributed by atoms with van der Waals surface area (Å²) in [4.78, 5) is 41.6. The summed E-state index contributed by atoms with van der Waals surface area (Å²) in [5.41, 5.74) is -2.83. The fourth-order valence-electron chi connectivity index (χ4n) is 3.76. The molecule has 1 aliphatic rings. The van der Waals surface area contributed by atoms with E-state index in [2.05, 4.69) is 20.9 Å². The van der Waals surface area contributed by atoms with Crippen LogP contribution < -0.4 is 16.0 Å². The van der Waals surface area contributed by atoms with Crippen molar-refractivity contribution in [3.05, 3.63) is 77.6 Å². The smallest absolute Gasteiger partial charge is 0.349 e. The largest absolute Gasteiger partial charge is 0.416 e. The summed E-state index contributed by atoms with van der Waals surface area (Å²) in [5, 5.41) is 6.99. The average molecular weight is 475 g/mol. The molecular weight excluding hydrogens is 458 g/mol. The number of imidazole rings is 1. The van der Waals surface area contributed by atoms with Crippen LogP contribution >= 0.6 is 0 Å². The molecule has 1 atom stereocenters. The minimum atomic E-state index is -4.55. The monoisotopic (exact) mass is 475 g/mol. The Hall–Kier alpha value is -4.22. The first-order valence-electron chi connectivity index (χ1n) is 9.88. The highest BCUT2D eigenvalue weighted by molar-refractivity contribution is 6.08. The lowest BCUT2D eigenvalue weighted by Gasteiger charge is -2.26. The predicted octanol–water partition coefficient (Wildman–Crippen LogP) is 2.71. The number of halogens is 4. The van der Waals surface area contributed by atoms with Crippen molar-refractivity contribution in [1.82, 2.24) is 25.5 Å². The number of nitrogens with zero attached hydrogens (tertiary/aromatic N) is 2. The molecule has 1 aliphatic heterocycles. The first kappa shape index (κ1) is 23.0. The van der Waals surface area contributed by atoms with E-state index in [4.69, 9.17) is 0 Å². The summed E-state index contributed by atoms with van der Waals surface area (Å²) < 4.78 is 54.9. The molecule has 4 rings (SSSR count). The van der Waals surface area contributed by atoms with Gasteiger partial charge in [0.2, 0.25) is 0 Å². The van der Waals surface area contributed by atoms with E-state index in [-0.39, 0.29) is 17.0 Å². The van der Waals surface area contributed by atoms with Crippen LogP contribution in [0.2, 0.25) is 0 Å². The van der Waals surface area contributed by atoms with Gasteiger partial charge in [-0.2, -0.15) is 13.2 Å². The van der Waals surface area contributed by atoms with Crippen molar-refractivity contribution in [2.24, 2.45) is 7.05 Å². The van der Waals surface area contributed by atoms with Crippen molar-refractivity contribution in [2.45, 2.75) is 11.7 Å². The molecule has 3 N–H and O–H groups in total. The van der Waals surface area contributed by atoms with Crippen LogP contribution in [0.5, 0.6) is 0 Å². The molecule has 34 heavy (non-hydrogen) atoms. The van der Waals surface area contributed by atoms with E-state index >= 15 is 0 Å². The highest BCUT2D eigenvalue weighted by Gasteiger charge is 2.51. The van der Waals surface area contributed by atoms with Crippen molar-refractivity contribution in [3.8, 4) is 11.1 Å². The van der Waals surface area contributed by atoms with E-state index in [1.807, 2.05) is 0 Å². The number of urea groups is 1. The number of hydrogen-bond donors (Lipinski definition) is 3. The molecule has 0 aliphatic carbocycles. The number of aryl methyl sites for hydroxylation is 1. The van der Waals surface area contributed by atoms with Crippen LogP contribution in [0.25, 0.3) is 11.1 Å². The molecular formula is C22H17F4N5O3. The Morgan fingerprint density at radius 2 is 1.85 bits per heavy atom. The van der Waals surface area contributed by atoms with Crippen LogP contribution in [0, 0.1) is 5.82 Å². The van der Waals surface area contributed by atoms with Gasteiger partial charge < -0.3 is 15.2 Å². The Balaban J connectivity index is 1.66. The summed E-state index contributed by atoms with van der Waals surface area (Å²) >= 11 is 0. The number of imide groups is 1. The molecule has 3 aromatic rings. The van der Waals surface area contributed by atoms with Gasteiger partial charge in [0.15, 0.2) is 5.54 Å². The normalized spacial score (nSPS) is 17.9. The van der Waals surface area contributed by atoms with Crippen LogP contribution in [0.1, 0.15) is 21.7 Å². The van der Waals surface area contributed by atoms with Gasteiger partial charge in [-0.25, -0.2) is 14.2 Å². The molecule has 176 valence electrons. The van der Waals surface area contributed by atoms with E-state index in [1.165, 1.54) is 29.1 Å². The first-order chi connectivity index (χ1) is 16.0. The Morgan fingerprint density at radius 3 is 2.41 bits per heavy atom. The summed E-state index contributed by atoms with van der Waals surface area (Å²) in [6.07, 6.45) is -1.61. The van der Waals surface area contributed by atoms with Crippen molar-refractivity contribution in [3.63, 3.8) is 0 Å². The Morgan fingerprint density at radius 1 is 1.15 bits per heavy atom. The first-order valence-corrected chi connectivity index (χ1v) is 9.88. The highest BCUT2D eigenvalue weighted by Crippen LogP contribution is 2.32. The van der Waals surface area contributed by atoms with Gasteiger partial charge in [0, 0.05) is 19.4 Å². The van der Waals surface area contributed by atoms with Gasteiger partial charge in [-0.3, -0.25) is 14.9 Å². The van der Waals surface area contributed by atoms with E-state index in [9.17, 15) is 31.9 Å². The van der Waals surface area contributed by atoms with Crippen LogP contribution in [-0.2, 0) is 23.6 Å². The number of benzene rings is 2. The van der Waals surface area contributed by atoms with Crippen LogP contribution in [-0.4, -0.2) is 33.9 Å². The molecule has 0 spiro atoms. The topological polar surface area (TPSA) is 105 Å². The maximum absolute atomic E-state index is 14.7. The molecule has 0 bridgehead atoms. The molecule has 12 heteroatoms. The molecule has 2 aromatic carbocycles.